The molecule has 0 spiro atoms. The Morgan fingerprint density at radius 2 is 2.04 bits per heavy atom. The van der Waals surface area contributed by atoms with E-state index < -0.39 is 5.91 Å². The third-order valence-electron chi connectivity index (χ3n) is 4.12. The van der Waals surface area contributed by atoms with Gasteiger partial charge in [0.2, 0.25) is 5.91 Å². The van der Waals surface area contributed by atoms with E-state index in [4.69, 9.17) is 4.42 Å². The molecule has 2 heterocycles. The van der Waals surface area contributed by atoms with Gasteiger partial charge in [0, 0.05) is 19.0 Å². The molecule has 1 atom stereocenters. The molecular weight excluding hydrogens is 294 g/mol. The average molecular weight is 313 g/mol. The van der Waals surface area contributed by atoms with Gasteiger partial charge in [0.15, 0.2) is 5.76 Å². The van der Waals surface area contributed by atoms with E-state index >= 15 is 0 Å². The molecule has 1 aliphatic rings. The highest BCUT2D eigenvalue weighted by atomic mass is 16.3. The van der Waals surface area contributed by atoms with Crippen molar-refractivity contribution in [1.82, 2.24) is 15.8 Å². The highest BCUT2D eigenvalue weighted by molar-refractivity contribution is 5.92. The van der Waals surface area contributed by atoms with Crippen LogP contribution < -0.4 is 10.9 Å². The summed E-state index contributed by atoms with van der Waals surface area (Å²) in [7, 11) is 2.01. The Kier molecular flexibility index (Phi) is 4.43. The molecule has 2 N–H and O–H groups in total. The molecule has 1 aromatic heterocycles. The van der Waals surface area contributed by atoms with Gasteiger partial charge in [-0.25, -0.2) is 0 Å². The van der Waals surface area contributed by atoms with Crippen LogP contribution in [0.3, 0.4) is 0 Å². The summed E-state index contributed by atoms with van der Waals surface area (Å²) in [6.45, 7) is 0.910. The minimum atomic E-state index is -0.472. The van der Waals surface area contributed by atoms with Crippen molar-refractivity contribution in [1.29, 1.82) is 0 Å². The van der Waals surface area contributed by atoms with Gasteiger partial charge in [-0.3, -0.25) is 25.3 Å². The number of hydrogen-bond donors (Lipinski definition) is 2. The van der Waals surface area contributed by atoms with Crippen LogP contribution in [0.25, 0.3) is 0 Å². The predicted molar refractivity (Wildman–Crippen MR) is 84.5 cm³/mol. The van der Waals surface area contributed by atoms with Crippen LogP contribution in [0.15, 0.2) is 47.1 Å². The molecule has 0 radical (unpaired) electrons. The Hall–Kier alpha value is -2.60. The predicted octanol–water partition coefficient (Wildman–Crippen LogP) is 1.66. The number of rotatable bonds is 3. The fourth-order valence-corrected chi connectivity index (χ4v) is 2.87. The topological polar surface area (TPSA) is 74.6 Å². The van der Waals surface area contributed by atoms with E-state index in [1.807, 2.05) is 19.2 Å². The Balaban J connectivity index is 1.60. The van der Waals surface area contributed by atoms with Crippen LogP contribution >= 0.6 is 0 Å². The summed E-state index contributed by atoms with van der Waals surface area (Å²) in [5.74, 6) is -0.551. The lowest BCUT2D eigenvalue weighted by Crippen LogP contribution is -2.43. The number of likely N-dealkylation sites (N-methyl/N-ethyl adjacent to an activating group) is 1. The smallest absolute Gasteiger partial charge is 0.305 e. The van der Waals surface area contributed by atoms with Crippen LogP contribution in [0.2, 0.25) is 0 Å². The number of benzene rings is 1. The third-order valence-corrected chi connectivity index (χ3v) is 4.12. The second kappa shape index (κ2) is 6.66. The summed E-state index contributed by atoms with van der Waals surface area (Å²) >= 11 is 0. The minimum Gasteiger partial charge on any atom is -0.459 e. The summed E-state index contributed by atoms with van der Waals surface area (Å²) in [6, 6.07) is 11.3. The van der Waals surface area contributed by atoms with Crippen molar-refractivity contribution in [3.05, 3.63) is 59.5 Å². The van der Waals surface area contributed by atoms with Crippen molar-refractivity contribution in [2.75, 3.05) is 13.6 Å². The van der Waals surface area contributed by atoms with E-state index in [1.54, 1.807) is 6.07 Å². The van der Waals surface area contributed by atoms with E-state index in [9.17, 15) is 9.59 Å². The fourth-order valence-electron chi connectivity index (χ4n) is 2.87. The molecule has 0 fully saturated rings. The van der Waals surface area contributed by atoms with Gasteiger partial charge in [0.25, 0.3) is 0 Å². The maximum absolute atomic E-state index is 12.2. The molecule has 1 aliphatic heterocycles. The molecule has 6 heteroatoms. The molecule has 0 bridgehead atoms. The molecular formula is C17H19N3O3. The monoisotopic (exact) mass is 313 g/mol. The molecule has 1 unspecified atom stereocenters. The van der Waals surface area contributed by atoms with Crippen molar-refractivity contribution in [2.24, 2.45) is 0 Å². The van der Waals surface area contributed by atoms with Crippen LogP contribution in [0, 0.1) is 0 Å². The molecule has 0 aliphatic carbocycles. The first-order valence-electron chi connectivity index (χ1n) is 7.56. The second-order valence-corrected chi connectivity index (χ2v) is 5.63. The van der Waals surface area contributed by atoms with Gasteiger partial charge in [-0.05, 0) is 36.7 Å². The van der Waals surface area contributed by atoms with Gasteiger partial charge >= 0.3 is 5.91 Å². The van der Waals surface area contributed by atoms with Gasteiger partial charge in [-0.1, -0.05) is 24.3 Å². The number of carbonyl (C=O) groups excluding carboxylic acids is 2. The fraction of sp³-hybridized carbons (Fsp3) is 0.294. The standard InChI is InChI=1S/C17H19N3O3/c1-20-9-8-12-5-2-3-6-13(12)14(20)11-16(21)18-19-17(22)15-7-4-10-23-15/h2-7,10,14H,8-9,11H2,1H3,(H,18,21)(H,19,22). The van der Waals surface area contributed by atoms with Crippen LogP contribution in [-0.2, 0) is 11.2 Å². The first kappa shape index (κ1) is 15.3. The molecule has 23 heavy (non-hydrogen) atoms. The first-order valence-corrected chi connectivity index (χ1v) is 7.56. The van der Waals surface area contributed by atoms with Crippen molar-refractivity contribution >= 4 is 11.8 Å². The van der Waals surface area contributed by atoms with E-state index in [1.165, 1.54) is 23.5 Å². The number of hydrazine groups is 1. The number of carbonyl (C=O) groups is 2. The molecule has 3 rings (SSSR count). The number of furan rings is 1. The summed E-state index contributed by atoms with van der Waals surface area (Å²) in [6.07, 6.45) is 2.68. The van der Waals surface area contributed by atoms with Crippen LogP contribution in [0.5, 0.6) is 0 Å². The number of nitrogens with one attached hydrogen (secondary N) is 2. The normalized spacial score (nSPS) is 17.3. The molecule has 0 saturated carbocycles. The number of hydrogen-bond acceptors (Lipinski definition) is 4. The van der Waals surface area contributed by atoms with Gasteiger partial charge in [-0.15, -0.1) is 0 Å². The zero-order valence-corrected chi connectivity index (χ0v) is 12.9. The Bertz CT molecular complexity index is 697. The van der Waals surface area contributed by atoms with E-state index in [-0.39, 0.29) is 24.1 Å². The van der Waals surface area contributed by atoms with Gasteiger partial charge in [0.05, 0.1) is 6.26 Å². The molecule has 2 amide bonds. The Labute approximate surface area is 134 Å². The van der Waals surface area contributed by atoms with Crippen molar-refractivity contribution in [2.45, 2.75) is 18.9 Å². The lowest BCUT2D eigenvalue weighted by atomic mass is 9.91. The first-order chi connectivity index (χ1) is 11.1. The van der Waals surface area contributed by atoms with Gasteiger partial charge < -0.3 is 4.42 Å². The molecule has 0 saturated heterocycles. The number of nitrogens with zero attached hydrogens (tertiary/aromatic N) is 1. The Morgan fingerprint density at radius 1 is 1.22 bits per heavy atom. The summed E-state index contributed by atoms with van der Waals surface area (Å²) in [5, 5.41) is 0. The molecule has 6 nitrogen and oxygen atoms in total. The quantitative estimate of drug-likeness (QED) is 0.845. The molecule has 1 aromatic carbocycles. The summed E-state index contributed by atoms with van der Waals surface area (Å²) in [5.41, 5.74) is 7.26. The highest BCUT2D eigenvalue weighted by Crippen LogP contribution is 2.30. The van der Waals surface area contributed by atoms with E-state index in [2.05, 4.69) is 27.9 Å². The maximum Gasteiger partial charge on any atom is 0.305 e. The lowest BCUT2D eigenvalue weighted by Gasteiger charge is -2.34. The SMILES string of the molecule is CN1CCc2ccccc2C1CC(=O)NNC(=O)c1ccco1. The zero-order chi connectivity index (χ0) is 16.2. The van der Waals surface area contributed by atoms with Gasteiger partial charge in [0.1, 0.15) is 0 Å². The zero-order valence-electron chi connectivity index (χ0n) is 12.9. The van der Waals surface area contributed by atoms with Crippen molar-refractivity contribution in [3.63, 3.8) is 0 Å². The number of amides is 2. The largest absolute Gasteiger partial charge is 0.459 e. The second-order valence-electron chi connectivity index (χ2n) is 5.63. The minimum absolute atomic E-state index is 0.0143. The van der Waals surface area contributed by atoms with E-state index in [0.29, 0.717) is 0 Å². The van der Waals surface area contributed by atoms with Crippen LogP contribution in [0.1, 0.15) is 34.1 Å². The molecule has 120 valence electrons. The maximum atomic E-state index is 12.2. The van der Waals surface area contributed by atoms with Crippen LogP contribution in [0.4, 0.5) is 0 Å². The van der Waals surface area contributed by atoms with Crippen molar-refractivity contribution in [3.8, 4) is 0 Å². The Morgan fingerprint density at radius 3 is 2.83 bits per heavy atom. The highest BCUT2D eigenvalue weighted by Gasteiger charge is 2.26. The average Bonchev–Trinajstić information content (AvgIpc) is 3.10. The third kappa shape index (κ3) is 3.43. The number of fused-ring (bicyclic) bond motifs is 1. The van der Waals surface area contributed by atoms with Crippen molar-refractivity contribution < 1.29 is 14.0 Å². The summed E-state index contributed by atoms with van der Waals surface area (Å²) in [4.78, 5) is 26.1. The van der Waals surface area contributed by atoms with Crippen LogP contribution in [-0.4, -0.2) is 30.3 Å². The summed E-state index contributed by atoms with van der Waals surface area (Å²) < 4.78 is 4.97. The van der Waals surface area contributed by atoms with Gasteiger partial charge in [-0.2, -0.15) is 0 Å². The van der Waals surface area contributed by atoms with E-state index in [0.717, 1.165) is 13.0 Å². The molecule has 2 aromatic rings. The lowest BCUT2D eigenvalue weighted by molar-refractivity contribution is -0.123.